The maximum absolute atomic E-state index is 12.1. The highest BCUT2D eigenvalue weighted by molar-refractivity contribution is 6.01. The molecule has 3 nitrogen and oxygen atoms in total. The number of Topliss-reactive ketones (excluding diaryl/α,β-unsaturated/α-hetero) is 1. The van der Waals surface area contributed by atoms with Gasteiger partial charge in [0.05, 0.1) is 11.7 Å². The minimum Gasteiger partial charge on any atom is -0.288 e. The summed E-state index contributed by atoms with van der Waals surface area (Å²) in [6.45, 7) is 0. The molecule has 0 radical (unpaired) electrons. The minimum atomic E-state index is -2.96. The van der Waals surface area contributed by atoms with Crippen molar-refractivity contribution in [1.29, 1.82) is 0 Å². The molecular formula is C10H8F2N2O. The minimum absolute atomic E-state index is 0.0190. The first kappa shape index (κ1) is 9.76. The number of fused-ring (bicyclic) bond motifs is 1. The number of hydrogen-bond donors (Lipinski definition) is 0. The molecule has 0 aliphatic carbocycles. The molecule has 0 amide bonds. The zero-order chi connectivity index (χ0) is 11.0. The molecule has 1 aromatic heterocycles. The molecule has 0 spiro atoms. The van der Waals surface area contributed by atoms with E-state index in [-0.39, 0.29) is 5.56 Å². The molecule has 0 aliphatic rings. The van der Waals surface area contributed by atoms with Gasteiger partial charge in [0.1, 0.15) is 0 Å². The molecule has 1 heterocycles. The predicted octanol–water partition coefficient (Wildman–Crippen LogP) is 2.02. The lowest BCUT2D eigenvalue weighted by Gasteiger charge is -1.99. The van der Waals surface area contributed by atoms with Crippen molar-refractivity contribution in [3.63, 3.8) is 0 Å². The standard InChI is InChI=1S/C10H8F2N2O/c1-14-8-3-2-6(9(15)10(11)12)4-7(8)5-13-14/h2-5,10H,1H3. The average molecular weight is 210 g/mol. The Kier molecular flexibility index (Phi) is 2.22. The Balaban J connectivity index is 2.52. The number of hydrogen-bond acceptors (Lipinski definition) is 2. The SMILES string of the molecule is Cn1ncc2cc(C(=O)C(F)F)ccc21. The lowest BCUT2D eigenvalue weighted by molar-refractivity contribution is 0.0679. The second-order valence-electron chi connectivity index (χ2n) is 3.21. The Labute approximate surface area is 84.3 Å². The third kappa shape index (κ3) is 1.60. The number of aromatic nitrogens is 2. The van der Waals surface area contributed by atoms with Gasteiger partial charge in [0.2, 0.25) is 5.78 Å². The summed E-state index contributed by atoms with van der Waals surface area (Å²) in [6, 6.07) is 4.42. The van der Waals surface area contributed by atoms with Crippen LogP contribution in [0.1, 0.15) is 10.4 Å². The summed E-state index contributed by atoms with van der Waals surface area (Å²) in [4.78, 5) is 11.0. The number of carbonyl (C=O) groups excluding carboxylic acids is 1. The summed E-state index contributed by atoms with van der Waals surface area (Å²) < 4.78 is 25.9. The van der Waals surface area contributed by atoms with Crippen LogP contribution in [0.15, 0.2) is 24.4 Å². The van der Waals surface area contributed by atoms with Gasteiger partial charge in [-0.15, -0.1) is 0 Å². The Morgan fingerprint density at radius 1 is 1.47 bits per heavy atom. The molecule has 15 heavy (non-hydrogen) atoms. The molecule has 0 saturated heterocycles. The molecule has 0 aliphatic heterocycles. The maximum atomic E-state index is 12.1. The molecule has 0 atom stereocenters. The van der Waals surface area contributed by atoms with Crippen LogP contribution in [-0.2, 0) is 7.05 Å². The smallest absolute Gasteiger partial charge is 0.288 e. The highest BCUT2D eigenvalue weighted by Gasteiger charge is 2.18. The van der Waals surface area contributed by atoms with Gasteiger partial charge in [-0.3, -0.25) is 9.48 Å². The van der Waals surface area contributed by atoms with Crippen molar-refractivity contribution in [3.8, 4) is 0 Å². The van der Waals surface area contributed by atoms with Gasteiger partial charge in [0.15, 0.2) is 0 Å². The fraction of sp³-hybridized carbons (Fsp3) is 0.200. The van der Waals surface area contributed by atoms with Gasteiger partial charge in [-0.1, -0.05) is 0 Å². The van der Waals surface area contributed by atoms with Gasteiger partial charge >= 0.3 is 6.43 Å². The molecule has 2 aromatic rings. The van der Waals surface area contributed by atoms with Crippen molar-refractivity contribution in [1.82, 2.24) is 9.78 Å². The molecule has 0 unspecified atom stereocenters. The van der Waals surface area contributed by atoms with Crippen LogP contribution in [0.25, 0.3) is 10.9 Å². The van der Waals surface area contributed by atoms with Crippen LogP contribution in [0.3, 0.4) is 0 Å². The number of ketones is 1. The van der Waals surface area contributed by atoms with Crippen LogP contribution >= 0.6 is 0 Å². The Hall–Kier alpha value is -1.78. The van der Waals surface area contributed by atoms with E-state index in [4.69, 9.17) is 0 Å². The highest BCUT2D eigenvalue weighted by Crippen LogP contribution is 2.16. The second-order valence-corrected chi connectivity index (χ2v) is 3.21. The summed E-state index contributed by atoms with van der Waals surface area (Å²) in [6.07, 6.45) is -1.42. The van der Waals surface area contributed by atoms with Crippen LogP contribution < -0.4 is 0 Å². The van der Waals surface area contributed by atoms with Gasteiger partial charge in [0.25, 0.3) is 0 Å². The second kappa shape index (κ2) is 3.42. The number of halogens is 2. The molecule has 0 saturated carbocycles. The normalized spacial score (nSPS) is 11.2. The maximum Gasteiger partial charge on any atom is 0.300 e. The van der Waals surface area contributed by atoms with Crippen molar-refractivity contribution >= 4 is 16.7 Å². The third-order valence-corrected chi connectivity index (χ3v) is 2.23. The van der Waals surface area contributed by atoms with Crippen LogP contribution in [0.5, 0.6) is 0 Å². The first-order valence-corrected chi connectivity index (χ1v) is 4.33. The lowest BCUT2D eigenvalue weighted by Crippen LogP contribution is -2.09. The molecular weight excluding hydrogens is 202 g/mol. The van der Waals surface area contributed by atoms with Gasteiger partial charge in [0, 0.05) is 18.0 Å². The molecule has 78 valence electrons. The Morgan fingerprint density at radius 3 is 2.87 bits per heavy atom. The van der Waals surface area contributed by atoms with Crippen molar-refractivity contribution in [2.45, 2.75) is 6.43 Å². The summed E-state index contributed by atoms with van der Waals surface area (Å²) in [7, 11) is 1.75. The van der Waals surface area contributed by atoms with Crippen LogP contribution in [-0.4, -0.2) is 22.0 Å². The van der Waals surface area contributed by atoms with Crippen LogP contribution in [0, 0.1) is 0 Å². The summed E-state index contributed by atoms with van der Waals surface area (Å²) in [5.41, 5.74) is 0.825. The first-order valence-electron chi connectivity index (χ1n) is 4.33. The van der Waals surface area contributed by atoms with E-state index in [1.807, 2.05) is 0 Å². The third-order valence-electron chi connectivity index (χ3n) is 2.23. The highest BCUT2D eigenvalue weighted by atomic mass is 19.3. The monoisotopic (exact) mass is 210 g/mol. The number of alkyl halides is 2. The van der Waals surface area contributed by atoms with E-state index in [9.17, 15) is 13.6 Å². The lowest BCUT2D eigenvalue weighted by atomic mass is 10.1. The van der Waals surface area contributed by atoms with E-state index < -0.39 is 12.2 Å². The molecule has 0 N–H and O–H groups in total. The van der Waals surface area contributed by atoms with E-state index in [1.165, 1.54) is 18.3 Å². The summed E-state index contributed by atoms with van der Waals surface area (Å²) >= 11 is 0. The van der Waals surface area contributed by atoms with E-state index >= 15 is 0 Å². The number of aryl methyl sites for hydroxylation is 1. The molecule has 1 aromatic carbocycles. The quantitative estimate of drug-likeness (QED) is 0.711. The van der Waals surface area contributed by atoms with Gasteiger partial charge < -0.3 is 0 Å². The fourth-order valence-electron chi connectivity index (χ4n) is 1.44. The topological polar surface area (TPSA) is 34.9 Å². The summed E-state index contributed by atoms with van der Waals surface area (Å²) in [5.74, 6) is -1.15. The van der Waals surface area contributed by atoms with Crippen molar-refractivity contribution in [3.05, 3.63) is 30.0 Å². The number of benzene rings is 1. The molecule has 0 bridgehead atoms. The molecule has 2 rings (SSSR count). The Bertz CT molecular complexity index is 519. The van der Waals surface area contributed by atoms with Crippen molar-refractivity contribution in [2.75, 3.05) is 0 Å². The first-order chi connectivity index (χ1) is 7.09. The average Bonchev–Trinajstić information content (AvgIpc) is 2.59. The number of nitrogens with zero attached hydrogens (tertiary/aromatic N) is 2. The van der Waals surface area contributed by atoms with Crippen LogP contribution in [0.4, 0.5) is 8.78 Å². The van der Waals surface area contributed by atoms with E-state index in [1.54, 1.807) is 17.8 Å². The van der Waals surface area contributed by atoms with E-state index in [2.05, 4.69) is 5.10 Å². The number of rotatable bonds is 2. The van der Waals surface area contributed by atoms with Gasteiger partial charge in [-0.2, -0.15) is 5.10 Å². The van der Waals surface area contributed by atoms with Gasteiger partial charge in [-0.25, -0.2) is 8.78 Å². The van der Waals surface area contributed by atoms with Crippen molar-refractivity contribution < 1.29 is 13.6 Å². The Morgan fingerprint density at radius 2 is 2.20 bits per heavy atom. The van der Waals surface area contributed by atoms with Gasteiger partial charge in [-0.05, 0) is 18.2 Å². The molecule has 0 fully saturated rings. The van der Waals surface area contributed by atoms with Crippen LogP contribution in [0.2, 0.25) is 0 Å². The van der Waals surface area contributed by atoms with E-state index in [0.717, 1.165) is 5.52 Å². The summed E-state index contributed by atoms with van der Waals surface area (Å²) in [5, 5.41) is 4.64. The zero-order valence-corrected chi connectivity index (χ0v) is 7.95. The zero-order valence-electron chi connectivity index (χ0n) is 7.95. The van der Waals surface area contributed by atoms with E-state index in [0.29, 0.717) is 5.39 Å². The van der Waals surface area contributed by atoms with Crippen molar-refractivity contribution in [2.24, 2.45) is 7.05 Å². The number of carbonyl (C=O) groups is 1. The predicted molar refractivity (Wildman–Crippen MR) is 51.0 cm³/mol. The fourth-order valence-corrected chi connectivity index (χ4v) is 1.44. The largest absolute Gasteiger partial charge is 0.300 e. The molecule has 5 heteroatoms.